The van der Waals surface area contributed by atoms with Crippen LogP contribution >= 0.6 is 0 Å². The fourth-order valence-electron chi connectivity index (χ4n) is 2.29. The summed E-state index contributed by atoms with van der Waals surface area (Å²) in [6.45, 7) is 1.93. The van der Waals surface area contributed by atoms with Crippen LogP contribution in [0.1, 0.15) is 11.3 Å². The second-order valence-corrected chi connectivity index (χ2v) is 5.36. The number of aryl methyl sites for hydroxylation is 1. The molecular weight excluding hydrogens is 326 g/mol. The van der Waals surface area contributed by atoms with Crippen molar-refractivity contribution >= 4 is 23.3 Å². The number of aromatic nitrogens is 2. The van der Waals surface area contributed by atoms with Crippen LogP contribution in [0.2, 0.25) is 0 Å². The van der Waals surface area contributed by atoms with Crippen molar-refractivity contribution in [3.63, 3.8) is 0 Å². The van der Waals surface area contributed by atoms with Crippen molar-refractivity contribution in [2.45, 2.75) is 6.92 Å². The van der Waals surface area contributed by atoms with Crippen LogP contribution in [0, 0.1) is 29.9 Å². The van der Waals surface area contributed by atoms with Gasteiger partial charge in [0.05, 0.1) is 17.6 Å². The highest BCUT2D eigenvalue weighted by atomic mass is 19.1. The summed E-state index contributed by atoms with van der Waals surface area (Å²) in [5.74, 6) is -2.47. The zero-order chi connectivity index (χ0) is 18.0. The number of hydrogen-bond donors (Lipinski definition) is 1. The molecule has 0 bridgehead atoms. The van der Waals surface area contributed by atoms with Crippen molar-refractivity contribution in [1.82, 2.24) is 9.38 Å². The lowest BCUT2D eigenvalue weighted by atomic mass is 10.2. The minimum atomic E-state index is -0.920. The summed E-state index contributed by atoms with van der Waals surface area (Å²) in [7, 11) is 0. The molecule has 0 fully saturated rings. The van der Waals surface area contributed by atoms with E-state index < -0.39 is 17.5 Å². The Balaban J connectivity index is 1.91. The lowest BCUT2D eigenvalue weighted by molar-refractivity contribution is -0.112. The fraction of sp³-hybridized carbons (Fsp3) is 0.0556. The van der Waals surface area contributed by atoms with Crippen LogP contribution in [0.15, 0.2) is 48.3 Å². The van der Waals surface area contributed by atoms with Gasteiger partial charge in [-0.15, -0.1) is 0 Å². The summed E-state index contributed by atoms with van der Waals surface area (Å²) in [6.07, 6.45) is 4.65. The second kappa shape index (κ2) is 6.53. The highest BCUT2D eigenvalue weighted by Crippen LogP contribution is 2.17. The lowest BCUT2D eigenvalue weighted by Crippen LogP contribution is -2.14. The number of pyridine rings is 1. The van der Waals surface area contributed by atoms with E-state index in [9.17, 15) is 18.8 Å². The third-order valence-corrected chi connectivity index (χ3v) is 3.53. The molecule has 7 heteroatoms. The topological polar surface area (TPSA) is 70.2 Å². The molecule has 0 spiro atoms. The highest BCUT2D eigenvalue weighted by Gasteiger charge is 2.13. The number of halogens is 2. The van der Waals surface area contributed by atoms with Crippen molar-refractivity contribution in [2.24, 2.45) is 0 Å². The third-order valence-electron chi connectivity index (χ3n) is 3.53. The Hall–Kier alpha value is -3.53. The van der Waals surface area contributed by atoms with E-state index in [-0.39, 0.29) is 11.3 Å². The van der Waals surface area contributed by atoms with Gasteiger partial charge in [-0.25, -0.2) is 13.8 Å². The van der Waals surface area contributed by atoms with Crippen molar-refractivity contribution in [2.75, 3.05) is 5.32 Å². The summed E-state index contributed by atoms with van der Waals surface area (Å²) in [4.78, 5) is 16.4. The molecule has 1 aromatic carbocycles. The number of carbonyl (C=O) groups excluding carboxylic acids is 1. The molecule has 25 heavy (non-hydrogen) atoms. The van der Waals surface area contributed by atoms with Gasteiger partial charge in [0.1, 0.15) is 28.9 Å². The Bertz CT molecular complexity index is 1050. The summed E-state index contributed by atoms with van der Waals surface area (Å²) in [6, 6.07) is 8.26. The predicted octanol–water partition coefficient (Wildman–Crippen LogP) is 3.47. The summed E-state index contributed by atoms with van der Waals surface area (Å²) < 4.78 is 28.3. The van der Waals surface area contributed by atoms with E-state index in [2.05, 4.69) is 10.3 Å². The van der Waals surface area contributed by atoms with Gasteiger partial charge in [-0.2, -0.15) is 5.26 Å². The number of nitriles is 1. The minimum Gasteiger partial charge on any atom is -0.319 e. The fourth-order valence-corrected chi connectivity index (χ4v) is 2.29. The molecular formula is C18H12F2N4O. The van der Waals surface area contributed by atoms with Crippen LogP contribution in [0.5, 0.6) is 0 Å². The molecule has 0 radical (unpaired) electrons. The van der Waals surface area contributed by atoms with Crippen LogP contribution < -0.4 is 5.32 Å². The molecule has 0 unspecified atom stereocenters. The van der Waals surface area contributed by atoms with Gasteiger partial charge < -0.3 is 9.72 Å². The van der Waals surface area contributed by atoms with E-state index in [4.69, 9.17) is 0 Å². The highest BCUT2D eigenvalue weighted by molar-refractivity contribution is 6.09. The van der Waals surface area contributed by atoms with Crippen molar-refractivity contribution < 1.29 is 13.6 Å². The average Bonchev–Trinajstić information content (AvgIpc) is 2.96. The number of carbonyl (C=O) groups is 1. The van der Waals surface area contributed by atoms with Crippen molar-refractivity contribution in [3.05, 3.63) is 71.2 Å². The van der Waals surface area contributed by atoms with Crippen LogP contribution in [0.4, 0.5) is 14.5 Å². The third kappa shape index (κ3) is 3.38. The predicted molar refractivity (Wildman–Crippen MR) is 88.5 cm³/mol. The number of hydrogen-bond acceptors (Lipinski definition) is 3. The van der Waals surface area contributed by atoms with Gasteiger partial charge >= 0.3 is 0 Å². The van der Waals surface area contributed by atoms with Crippen LogP contribution in [0.3, 0.4) is 0 Å². The van der Waals surface area contributed by atoms with E-state index in [1.54, 1.807) is 16.7 Å². The number of nitrogens with one attached hydrogen (secondary N) is 1. The maximum atomic E-state index is 13.6. The first kappa shape index (κ1) is 16.3. The quantitative estimate of drug-likeness (QED) is 0.587. The molecule has 124 valence electrons. The molecule has 0 atom stereocenters. The number of fused-ring (bicyclic) bond motifs is 1. The van der Waals surface area contributed by atoms with Gasteiger partial charge in [0.2, 0.25) is 0 Å². The van der Waals surface area contributed by atoms with Gasteiger partial charge in [-0.05, 0) is 42.8 Å². The van der Waals surface area contributed by atoms with E-state index in [1.165, 1.54) is 12.3 Å². The monoisotopic (exact) mass is 338 g/mol. The summed E-state index contributed by atoms with van der Waals surface area (Å²) in [5.41, 5.74) is 1.79. The van der Waals surface area contributed by atoms with Gasteiger partial charge in [-0.3, -0.25) is 4.79 Å². The standard InChI is InChI=1S/C18H12F2N4O/c1-11-4-5-24-14(10-22-17(24)6-11)7-12(9-21)18(25)23-16-3-2-13(19)8-15(16)20/h2-8,10H,1H3,(H,23,25). The van der Waals surface area contributed by atoms with Gasteiger partial charge in [0, 0.05) is 12.3 Å². The second-order valence-electron chi connectivity index (χ2n) is 5.36. The number of anilines is 1. The number of imidazole rings is 1. The molecule has 0 aliphatic heterocycles. The molecule has 3 rings (SSSR count). The van der Waals surface area contributed by atoms with Crippen molar-refractivity contribution in [3.8, 4) is 6.07 Å². The number of amides is 1. The first-order valence-electron chi connectivity index (χ1n) is 7.30. The van der Waals surface area contributed by atoms with Gasteiger partial charge in [0.25, 0.3) is 5.91 Å². The Morgan fingerprint density at radius 3 is 2.84 bits per heavy atom. The molecule has 1 amide bonds. The zero-order valence-electron chi connectivity index (χ0n) is 13.1. The maximum Gasteiger partial charge on any atom is 0.266 e. The average molecular weight is 338 g/mol. The molecule has 2 aromatic heterocycles. The lowest BCUT2D eigenvalue weighted by Gasteiger charge is -2.05. The smallest absolute Gasteiger partial charge is 0.266 e. The van der Waals surface area contributed by atoms with E-state index in [0.29, 0.717) is 17.4 Å². The SMILES string of the molecule is Cc1ccn2c(C=C(C#N)C(=O)Nc3ccc(F)cc3F)cnc2c1. The largest absolute Gasteiger partial charge is 0.319 e. The van der Waals surface area contributed by atoms with Crippen LogP contribution in [-0.4, -0.2) is 15.3 Å². The first-order valence-corrected chi connectivity index (χ1v) is 7.30. The normalized spacial score (nSPS) is 11.4. The minimum absolute atomic E-state index is 0.207. The van der Waals surface area contributed by atoms with Crippen LogP contribution in [-0.2, 0) is 4.79 Å². The molecule has 5 nitrogen and oxygen atoms in total. The Morgan fingerprint density at radius 2 is 2.12 bits per heavy atom. The molecule has 0 aliphatic carbocycles. The Kier molecular flexibility index (Phi) is 4.27. The van der Waals surface area contributed by atoms with Gasteiger partial charge in [0.15, 0.2) is 0 Å². The number of rotatable bonds is 3. The molecule has 0 aliphatic rings. The Labute approximate surface area is 141 Å². The van der Waals surface area contributed by atoms with Gasteiger partial charge in [-0.1, -0.05) is 0 Å². The summed E-state index contributed by atoms with van der Waals surface area (Å²) in [5, 5.41) is 11.5. The maximum absolute atomic E-state index is 13.6. The van der Waals surface area contributed by atoms with Crippen molar-refractivity contribution in [1.29, 1.82) is 5.26 Å². The number of nitrogens with zero attached hydrogens (tertiary/aromatic N) is 3. The van der Waals surface area contributed by atoms with E-state index >= 15 is 0 Å². The molecule has 1 N–H and O–H groups in total. The molecule has 0 saturated heterocycles. The molecule has 0 saturated carbocycles. The van der Waals surface area contributed by atoms with Crippen LogP contribution in [0.25, 0.3) is 11.7 Å². The summed E-state index contributed by atoms with van der Waals surface area (Å²) >= 11 is 0. The Morgan fingerprint density at radius 1 is 1.32 bits per heavy atom. The number of benzene rings is 1. The van der Waals surface area contributed by atoms with E-state index in [0.717, 1.165) is 17.7 Å². The first-order chi connectivity index (χ1) is 12.0. The zero-order valence-corrected chi connectivity index (χ0v) is 13.1. The van der Waals surface area contributed by atoms with E-state index in [1.807, 2.05) is 19.1 Å². The molecule has 3 aromatic rings. The molecule has 2 heterocycles.